The summed E-state index contributed by atoms with van der Waals surface area (Å²) in [6.07, 6.45) is -0.982. The van der Waals surface area contributed by atoms with Crippen molar-refractivity contribution < 1.29 is 37.7 Å². The zero-order chi connectivity index (χ0) is 34.0. The first-order chi connectivity index (χ1) is 21.5. The van der Waals surface area contributed by atoms with Gasteiger partial charge in [0.2, 0.25) is 0 Å². The van der Waals surface area contributed by atoms with E-state index in [1.54, 1.807) is 18.5 Å². The number of imidazole rings is 1. The minimum atomic E-state index is -5.08. The fourth-order valence-corrected chi connectivity index (χ4v) is 5.76. The number of hydrogen-bond acceptors (Lipinski definition) is 7. The molecule has 14 heteroatoms. The lowest BCUT2D eigenvalue weighted by Crippen LogP contribution is -2.41. The van der Waals surface area contributed by atoms with Gasteiger partial charge in [0.1, 0.15) is 11.3 Å². The zero-order valence-electron chi connectivity index (χ0n) is 26.7. The van der Waals surface area contributed by atoms with Crippen LogP contribution in [0.1, 0.15) is 60.3 Å². The average molecular weight is 645 g/mol. The maximum Gasteiger partial charge on any atom is 0.490 e. The molecule has 1 unspecified atom stereocenters. The fraction of sp³-hybridized carbons (Fsp3) is 0.469. The maximum absolute atomic E-state index is 12.6. The van der Waals surface area contributed by atoms with Crippen LogP contribution in [0.2, 0.25) is 0 Å². The summed E-state index contributed by atoms with van der Waals surface area (Å²) in [7, 11) is 1.86. The first-order valence-electron chi connectivity index (χ1n) is 14.8. The van der Waals surface area contributed by atoms with Crippen LogP contribution in [-0.4, -0.2) is 83.6 Å². The summed E-state index contributed by atoms with van der Waals surface area (Å²) in [5.41, 5.74) is 5.86. The minimum Gasteiger partial charge on any atom is -0.481 e. The van der Waals surface area contributed by atoms with E-state index in [9.17, 15) is 23.1 Å². The Labute approximate surface area is 264 Å². The van der Waals surface area contributed by atoms with Crippen LogP contribution in [0.15, 0.2) is 42.7 Å². The Morgan fingerprint density at radius 1 is 1.09 bits per heavy atom. The number of fused-ring (bicyclic) bond motifs is 1. The summed E-state index contributed by atoms with van der Waals surface area (Å²) in [6.45, 7) is 13.8. The standard InChI is InChI=1S/C30H38N6O3.C2HF3O2/c1-19-7-8-22(15-23(19)17-36-12-11-31-26(36)18-35-13-14-39-20(2)16-35)27(30(4,5)29(37)38)24-9-10-25-28(21(24)3)32-33-34(25)6;3-2(4,5)1(6)7/h7-12,15,20,27H,13-14,16-18H2,1-6H3,(H,37,38);(H,6,7)/t20-,27?;/m1./s1. The molecule has 0 spiro atoms. The zero-order valence-corrected chi connectivity index (χ0v) is 26.7. The molecule has 0 bridgehead atoms. The number of aromatic nitrogens is 5. The van der Waals surface area contributed by atoms with Gasteiger partial charge in [-0.1, -0.05) is 29.5 Å². The van der Waals surface area contributed by atoms with Crippen molar-refractivity contribution in [2.24, 2.45) is 12.5 Å². The first-order valence-corrected chi connectivity index (χ1v) is 14.8. The number of alkyl halides is 3. The Morgan fingerprint density at radius 2 is 1.78 bits per heavy atom. The molecule has 1 aliphatic heterocycles. The van der Waals surface area contributed by atoms with Crippen molar-refractivity contribution in [3.8, 4) is 0 Å². The number of aryl methyl sites for hydroxylation is 3. The molecule has 46 heavy (non-hydrogen) atoms. The highest BCUT2D eigenvalue weighted by Gasteiger charge is 2.40. The molecular formula is C32H39F3N6O5. The molecule has 5 rings (SSSR count). The fourth-order valence-electron chi connectivity index (χ4n) is 5.76. The van der Waals surface area contributed by atoms with E-state index in [-0.39, 0.29) is 12.0 Å². The Hall–Kier alpha value is -4.30. The summed E-state index contributed by atoms with van der Waals surface area (Å²) in [4.78, 5) is 28.5. The molecule has 1 fully saturated rings. The normalized spacial score (nSPS) is 16.6. The van der Waals surface area contributed by atoms with Crippen LogP contribution < -0.4 is 0 Å². The highest BCUT2D eigenvalue weighted by Crippen LogP contribution is 2.44. The third-order valence-electron chi connectivity index (χ3n) is 8.44. The minimum absolute atomic E-state index is 0.222. The van der Waals surface area contributed by atoms with Crippen molar-refractivity contribution in [3.63, 3.8) is 0 Å². The van der Waals surface area contributed by atoms with Crippen LogP contribution >= 0.6 is 0 Å². The van der Waals surface area contributed by atoms with Gasteiger partial charge in [-0.15, -0.1) is 5.10 Å². The van der Waals surface area contributed by atoms with Gasteiger partial charge in [0, 0.05) is 45.0 Å². The Bertz CT molecular complexity index is 1710. The van der Waals surface area contributed by atoms with Crippen LogP contribution in [0.3, 0.4) is 0 Å². The molecule has 2 aromatic carbocycles. The van der Waals surface area contributed by atoms with Crippen molar-refractivity contribution in [2.45, 2.75) is 65.9 Å². The van der Waals surface area contributed by atoms with E-state index in [0.717, 1.165) is 70.9 Å². The van der Waals surface area contributed by atoms with E-state index in [2.05, 4.69) is 56.8 Å². The second kappa shape index (κ2) is 13.6. The monoisotopic (exact) mass is 644 g/mol. The molecule has 1 aliphatic rings. The highest BCUT2D eigenvalue weighted by molar-refractivity contribution is 5.81. The second-order valence-corrected chi connectivity index (χ2v) is 12.2. The van der Waals surface area contributed by atoms with Crippen molar-refractivity contribution in [3.05, 3.63) is 76.4 Å². The van der Waals surface area contributed by atoms with Crippen LogP contribution in [0, 0.1) is 19.3 Å². The van der Waals surface area contributed by atoms with Gasteiger partial charge in [-0.3, -0.25) is 9.69 Å². The molecular weight excluding hydrogens is 605 g/mol. The van der Waals surface area contributed by atoms with Crippen LogP contribution in [0.25, 0.3) is 11.0 Å². The molecule has 0 saturated carbocycles. The number of nitrogens with zero attached hydrogens (tertiary/aromatic N) is 6. The lowest BCUT2D eigenvalue weighted by atomic mass is 9.69. The second-order valence-electron chi connectivity index (χ2n) is 12.2. The Morgan fingerprint density at radius 3 is 2.41 bits per heavy atom. The lowest BCUT2D eigenvalue weighted by Gasteiger charge is -2.33. The number of carbonyl (C=O) groups is 2. The molecule has 0 amide bonds. The third kappa shape index (κ3) is 7.56. The summed E-state index contributed by atoms with van der Waals surface area (Å²) >= 11 is 0. The quantitative estimate of drug-likeness (QED) is 0.274. The first kappa shape index (κ1) is 34.6. The van der Waals surface area contributed by atoms with Gasteiger partial charge < -0.3 is 19.5 Å². The van der Waals surface area contributed by atoms with E-state index < -0.39 is 23.5 Å². The van der Waals surface area contributed by atoms with E-state index in [1.807, 2.05) is 38.5 Å². The summed E-state index contributed by atoms with van der Waals surface area (Å²) in [6, 6.07) is 10.4. The van der Waals surface area contributed by atoms with Crippen LogP contribution in [0.5, 0.6) is 0 Å². The average Bonchev–Trinajstić information content (AvgIpc) is 3.57. The maximum atomic E-state index is 12.6. The van der Waals surface area contributed by atoms with Gasteiger partial charge in [0.05, 0.1) is 30.2 Å². The number of carboxylic acids is 2. The van der Waals surface area contributed by atoms with Gasteiger partial charge in [0.15, 0.2) is 0 Å². The molecule has 3 heterocycles. The smallest absolute Gasteiger partial charge is 0.481 e. The molecule has 2 atom stereocenters. The van der Waals surface area contributed by atoms with Gasteiger partial charge >= 0.3 is 18.1 Å². The van der Waals surface area contributed by atoms with E-state index in [0.29, 0.717) is 6.54 Å². The third-order valence-corrected chi connectivity index (χ3v) is 8.44. The molecule has 2 aromatic heterocycles. The SMILES string of the molecule is Cc1ccc(C(c2ccc3c(nnn3C)c2C)C(C)(C)C(=O)O)cc1Cn1ccnc1CN1CCO[C@H](C)C1.O=C(O)C(F)(F)F. The van der Waals surface area contributed by atoms with Crippen molar-refractivity contribution >= 4 is 23.0 Å². The largest absolute Gasteiger partial charge is 0.490 e. The number of rotatable bonds is 8. The van der Waals surface area contributed by atoms with Crippen molar-refractivity contribution in [2.75, 3.05) is 19.7 Å². The van der Waals surface area contributed by atoms with E-state index >= 15 is 0 Å². The number of aliphatic carboxylic acids is 2. The van der Waals surface area contributed by atoms with Gasteiger partial charge in [-0.2, -0.15) is 13.2 Å². The van der Waals surface area contributed by atoms with Gasteiger partial charge in [-0.05, 0) is 68.5 Å². The molecule has 11 nitrogen and oxygen atoms in total. The highest BCUT2D eigenvalue weighted by atomic mass is 19.4. The molecule has 2 N–H and O–H groups in total. The van der Waals surface area contributed by atoms with Gasteiger partial charge in [-0.25, -0.2) is 14.5 Å². The van der Waals surface area contributed by atoms with Crippen LogP contribution in [-0.2, 0) is 34.5 Å². The van der Waals surface area contributed by atoms with Crippen LogP contribution in [0.4, 0.5) is 13.2 Å². The predicted octanol–water partition coefficient (Wildman–Crippen LogP) is 4.93. The Balaban J connectivity index is 0.000000617. The molecule has 248 valence electrons. The summed E-state index contributed by atoms with van der Waals surface area (Å²) < 4.78 is 41.4. The van der Waals surface area contributed by atoms with E-state index in [4.69, 9.17) is 14.6 Å². The van der Waals surface area contributed by atoms with E-state index in [1.165, 1.54) is 0 Å². The molecule has 1 saturated heterocycles. The van der Waals surface area contributed by atoms with Gasteiger partial charge in [0.25, 0.3) is 0 Å². The van der Waals surface area contributed by atoms with Crippen molar-refractivity contribution in [1.82, 2.24) is 29.4 Å². The topological polar surface area (TPSA) is 136 Å². The number of ether oxygens (including phenoxy) is 1. The predicted molar refractivity (Wildman–Crippen MR) is 163 cm³/mol. The number of morpholine rings is 1. The lowest BCUT2D eigenvalue weighted by molar-refractivity contribution is -0.192. The molecule has 4 aromatic rings. The summed E-state index contributed by atoms with van der Waals surface area (Å²) in [5, 5.41) is 26.0. The number of halogens is 3. The van der Waals surface area contributed by atoms with Crippen molar-refractivity contribution in [1.29, 1.82) is 0 Å². The number of carboxylic acid groups (broad SMARTS) is 2. The number of hydrogen-bond donors (Lipinski definition) is 2. The summed E-state index contributed by atoms with van der Waals surface area (Å²) in [5.74, 6) is -2.96. The Kier molecular flexibility index (Phi) is 10.2. The molecule has 0 aliphatic carbocycles. The number of benzene rings is 2. The molecule has 0 radical (unpaired) electrons.